The summed E-state index contributed by atoms with van der Waals surface area (Å²) in [4.78, 5) is 21.6. The van der Waals surface area contributed by atoms with Crippen molar-refractivity contribution in [3.05, 3.63) is 119 Å². The van der Waals surface area contributed by atoms with Gasteiger partial charge in [-0.25, -0.2) is 9.59 Å². The number of nitrogens with two attached hydrogens (primary N) is 1. The fraction of sp³-hybridized carbons (Fsp3) is 0.167. The Labute approximate surface area is 234 Å². The number of halogens is 3. The van der Waals surface area contributed by atoms with Crippen LogP contribution in [0.2, 0.25) is 0 Å². The molecule has 0 amide bonds. The number of alkyl halides is 3. The molecule has 8 nitrogen and oxygen atoms in total. The smallest absolute Gasteiger partial charge is 0.475 e. The minimum absolute atomic E-state index is 0.322. The van der Waals surface area contributed by atoms with E-state index >= 15 is 0 Å². The third-order valence-corrected chi connectivity index (χ3v) is 5.51. The largest absolute Gasteiger partial charge is 0.490 e. The van der Waals surface area contributed by atoms with Crippen molar-refractivity contribution in [2.75, 3.05) is 6.61 Å². The van der Waals surface area contributed by atoms with Crippen LogP contribution in [0.1, 0.15) is 39.5 Å². The number of aromatic nitrogens is 1. The molecule has 1 heterocycles. The number of carboxylic acid groups (broad SMARTS) is 1. The summed E-state index contributed by atoms with van der Waals surface area (Å²) in [6.07, 6.45) is 0.958. The second-order valence-electron chi connectivity index (χ2n) is 8.66. The van der Waals surface area contributed by atoms with E-state index in [2.05, 4.69) is 5.10 Å². The average molecular weight is 568 g/mol. The summed E-state index contributed by atoms with van der Waals surface area (Å²) in [6.45, 7) is 2.73. The maximum absolute atomic E-state index is 12.7. The van der Waals surface area contributed by atoms with Crippen LogP contribution >= 0.6 is 0 Å². The first-order chi connectivity index (χ1) is 19.6. The highest BCUT2D eigenvalue weighted by molar-refractivity contribution is 5.91. The van der Waals surface area contributed by atoms with Gasteiger partial charge in [-0.05, 0) is 65.9 Å². The van der Waals surface area contributed by atoms with E-state index in [0.29, 0.717) is 25.1 Å². The minimum atomic E-state index is -5.08. The number of hydrazone groups is 1. The SMILES string of the molecule is CCOC(=O)c1cn(Cc2cccc(Oc3ccccc3)c2)cc1Cc1cccc(C=NN)c1.O=C(O)C(F)(F)F. The number of rotatable bonds is 9. The highest BCUT2D eigenvalue weighted by Gasteiger charge is 2.38. The minimum Gasteiger partial charge on any atom is -0.475 e. The molecule has 3 N–H and O–H groups in total. The number of benzene rings is 3. The molecule has 11 heteroatoms. The van der Waals surface area contributed by atoms with Gasteiger partial charge in [0.1, 0.15) is 11.5 Å². The molecule has 0 saturated heterocycles. The molecule has 0 unspecified atom stereocenters. The quantitative estimate of drug-likeness (QED) is 0.111. The van der Waals surface area contributed by atoms with E-state index < -0.39 is 12.1 Å². The Morgan fingerprint density at radius 3 is 2.27 bits per heavy atom. The zero-order chi connectivity index (χ0) is 29.8. The molecule has 0 aliphatic heterocycles. The van der Waals surface area contributed by atoms with Gasteiger partial charge in [0.15, 0.2) is 0 Å². The van der Waals surface area contributed by atoms with Crippen LogP contribution in [-0.2, 0) is 22.5 Å². The normalized spacial score (nSPS) is 11.0. The van der Waals surface area contributed by atoms with Crippen LogP contribution < -0.4 is 10.6 Å². The first-order valence-corrected chi connectivity index (χ1v) is 12.4. The van der Waals surface area contributed by atoms with Gasteiger partial charge in [-0.3, -0.25) is 0 Å². The Hall–Kier alpha value is -5.06. The van der Waals surface area contributed by atoms with E-state index in [-0.39, 0.29) is 5.97 Å². The third kappa shape index (κ3) is 9.57. The number of carbonyl (C=O) groups is 2. The third-order valence-electron chi connectivity index (χ3n) is 5.51. The molecule has 1 aromatic heterocycles. The van der Waals surface area contributed by atoms with Crippen molar-refractivity contribution in [3.8, 4) is 11.5 Å². The Bertz CT molecular complexity index is 1480. The lowest BCUT2D eigenvalue weighted by molar-refractivity contribution is -0.192. The van der Waals surface area contributed by atoms with Gasteiger partial charge in [-0.1, -0.05) is 48.5 Å². The number of hydrogen-bond acceptors (Lipinski definition) is 6. The van der Waals surface area contributed by atoms with E-state index in [1.54, 1.807) is 6.21 Å². The first-order valence-electron chi connectivity index (χ1n) is 12.4. The Balaban J connectivity index is 0.000000587. The van der Waals surface area contributed by atoms with Crippen molar-refractivity contribution in [1.82, 2.24) is 4.57 Å². The molecule has 4 aromatic rings. The summed E-state index contributed by atoms with van der Waals surface area (Å²) < 4.78 is 45.0. The number of para-hydroxylation sites is 1. The summed E-state index contributed by atoms with van der Waals surface area (Å²) in [5.74, 6) is 3.76. The van der Waals surface area contributed by atoms with Crippen LogP contribution in [0.5, 0.6) is 11.5 Å². The summed E-state index contributed by atoms with van der Waals surface area (Å²) in [5, 5.41) is 10.7. The van der Waals surface area contributed by atoms with E-state index in [1.807, 2.05) is 103 Å². The molecule has 0 aliphatic rings. The fourth-order valence-electron chi connectivity index (χ4n) is 3.81. The van der Waals surface area contributed by atoms with E-state index in [1.165, 1.54) is 0 Å². The number of nitrogens with zero attached hydrogens (tertiary/aromatic N) is 2. The average Bonchev–Trinajstić information content (AvgIpc) is 3.32. The van der Waals surface area contributed by atoms with Crippen LogP contribution in [0.15, 0.2) is 96.4 Å². The number of esters is 1. The number of ether oxygens (including phenoxy) is 2. The maximum Gasteiger partial charge on any atom is 0.490 e. The Kier molecular flexibility index (Phi) is 10.7. The molecule has 0 fully saturated rings. The second-order valence-corrected chi connectivity index (χ2v) is 8.66. The van der Waals surface area contributed by atoms with E-state index in [9.17, 15) is 18.0 Å². The van der Waals surface area contributed by atoms with Gasteiger partial charge in [0.2, 0.25) is 0 Å². The summed E-state index contributed by atoms with van der Waals surface area (Å²) >= 11 is 0. The highest BCUT2D eigenvalue weighted by atomic mass is 19.4. The van der Waals surface area contributed by atoms with Gasteiger partial charge in [0.25, 0.3) is 0 Å². The lowest BCUT2D eigenvalue weighted by atomic mass is 10.0. The van der Waals surface area contributed by atoms with Gasteiger partial charge in [0, 0.05) is 18.9 Å². The highest BCUT2D eigenvalue weighted by Crippen LogP contribution is 2.24. The number of carbonyl (C=O) groups excluding carboxylic acids is 1. The first kappa shape index (κ1) is 30.5. The van der Waals surface area contributed by atoms with Crippen molar-refractivity contribution in [1.29, 1.82) is 0 Å². The lowest BCUT2D eigenvalue weighted by Crippen LogP contribution is -2.21. The Morgan fingerprint density at radius 1 is 0.951 bits per heavy atom. The molecule has 4 rings (SSSR count). The van der Waals surface area contributed by atoms with Gasteiger partial charge in [-0.15, -0.1) is 0 Å². The Morgan fingerprint density at radius 2 is 1.61 bits per heavy atom. The predicted octanol–water partition coefficient (Wildman–Crippen LogP) is 6.02. The predicted molar refractivity (Wildman–Crippen MR) is 147 cm³/mol. The van der Waals surface area contributed by atoms with E-state index in [0.717, 1.165) is 33.8 Å². The summed E-state index contributed by atoms with van der Waals surface area (Å²) in [5.41, 5.74) is 4.49. The van der Waals surface area contributed by atoms with Crippen LogP contribution in [0.4, 0.5) is 13.2 Å². The molecule has 0 atom stereocenters. The summed E-state index contributed by atoms with van der Waals surface area (Å²) in [6, 6.07) is 25.5. The zero-order valence-corrected chi connectivity index (χ0v) is 22.0. The van der Waals surface area contributed by atoms with Crippen LogP contribution in [-0.4, -0.2) is 40.6 Å². The summed E-state index contributed by atoms with van der Waals surface area (Å²) in [7, 11) is 0. The van der Waals surface area contributed by atoms with Gasteiger partial charge < -0.3 is 25.0 Å². The number of hydrogen-bond donors (Lipinski definition) is 2. The van der Waals surface area contributed by atoms with Crippen LogP contribution in [0.3, 0.4) is 0 Å². The van der Waals surface area contributed by atoms with Crippen molar-refractivity contribution >= 4 is 18.2 Å². The van der Waals surface area contributed by atoms with Crippen molar-refractivity contribution in [2.45, 2.75) is 26.1 Å². The molecule has 41 heavy (non-hydrogen) atoms. The molecule has 214 valence electrons. The van der Waals surface area contributed by atoms with Crippen molar-refractivity contribution < 1.29 is 37.3 Å². The topological polar surface area (TPSA) is 116 Å². The van der Waals surface area contributed by atoms with Crippen LogP contribution in [0.25, 0.3) is 0 Å². The molecular formula is C30H28F3N3O5. The molecule has 0 spiro atoms. The molecule has 0 bridgehead atoms. The molecule has 0 aliphatic carbocycles. The van der Waals surface area contributed by atoms with Crippen molar-refractivity contribution in [2.24, 2.45) is 10.9 Å². The molecule has 0 saturated carbocycles. The maximum atomic E-state index is 12.7. The van der Waals surface area contributed by atoms with Gasteiger partial charge in [-0.2, -0.15) is 18.3 Å². The molecular weight excluding hydrogens is 539 g/mol. The van der Waals surface area contributed by atoms with Crippen LogP contribution in [0, 0.1) is 0 Å². The molecule has 3 aromatic carbocycles. The van der Waals surface area contributed by atoms with Gasteiger partial charge >= 0.3 is 18.1 Å². The number of aliphatic carboxylic acids is 1. The standard InChI is InChI=1S/C28H27N3O3.C2HF3O2/c1-2-33-28(32)27-20-31(19-24(27)15-21-8-6-9-22(14-21)17-30-29)18-23-10-7-13-26(16-23)34-25-11-4-3-5-12-25;3-2(4,5)1(6)7/h3-14,16-17,19-20H,2,15,18,29H2,1H3;(H,6,7). The van der Waals surface area contributed by atoms with E-state index in [4.69, 9.17) is 25.2 Å². The molecule has 0 radical (unpaired) electrons. The zero-order valence-electron chi connectivity index (χ0n) is 22.0. The lowest BCUT2D eigenvalue weighted by Gasteiger charge is -2.08. The second kappa shape index (κ2) is 14.4. The van der Waals surface area contributed by atoms with Gasteiger partial charge in [0.05, 0.1) is 18.4 Å². The monoisotopic (exact) mass is 567 g/mol. The fourth-order valence-corrected chi connectivity index (χ4v) is 3.81. The van der Waals surface area contributed by atoms with Crippen molar-refractivity contribution in [3.63, 3.8) is 0 Å². The number of carboxylic acids is 1.